The van der Waals surface area contributed by atoms with Crippen molar-refractivity contribution in [1.29, 1.82) is 0 Å². The van der Waals surface area contributed by atoms with Crippen LogP contribution in [-0.4, -0.2) is 39.8 Å². The third-order valence-corrected chi connectivity index (χ3v) is 6.10. The van der Waals surface area contributed by atoms with E-state index < -0.39 is 23.5 Å². The van der Waals surface area contributed by atoms with Crippen LogP contribution in [0.3, 0.4) is 0 Å². The van der Waals surface area contributed by atoms with Crippen molar-refractivity contribution in [1.82, 2.24) is 20.5 Å². The first kappa shape index (κ1) is 20.1. The second-order valence-electron chi connectivity index (χ2n) is 8.25. The summed E-state index contributed by atoms with van der Waals surface area (Å²) in [6, 6.07) is 14.1. The molecule has 2 N–H and O–H groups in total. The molecule has 0 bridgehead atoms. The first-order valence-electron chi connectivity index (χ1n) is 10.4. The minimum Gasteiger partial charge on any atom is -0.342 e. The number of urea groups is 1. The predicted octanol–water partition coefficient (Wildman–Crippen LogP) is 2.79. The van der Waals surface area contributed by atoms with E-state index in [1.165, 1.54) is 0 Å². The molecule has 1 saturated heterocycles. The summed E-state index contributed by atoms with van der Waals surface area (Å²) in [5.74, 6) is -0.148. The Balaban J connectivity index is 1.49. The highest BCUT2D eigenvalue weighted by molar-refractivity contribution is 6.09. The molecule has 30 heavy (non-hydrogen) atoms. The predicted molar refractivity (Wildman–Crippen MR) is 111 cm³/mol. The fourth-order valence-corrected chi connectivity index (χ4v) is 4.28. The summed E-state index contributed by atoms with van der Waals surface area (Å²) in [6.45, 7) is 1.85. The molecule has 1 aliphatic heterocycles. The van der Waals surface area contributed by atoms with Gasteiger partial charge in [0.05, 0.1) is 11.7 Å². The van der Waals surface area contributed by atoms with Crippen molar-refractivity contribution in [2.75, 3.05) is 6.54 Å². The van der Waals surface area contributed by atoms with Gasteiger partial charge in [-0.05, 0) is 49.3 Å². The average molecular weight is 406 g/mol. The second kappa shape index (κ2) is 8.26. The third kappa shape index (κ3) is 3.92. The molecule has 4 amide bonds. The molecule has 1 aromatic heterocycles. The maximum absolute atomic E-state index is 13.0. The zero-order valence-corrected chi connectivity index (χ0v) is 17.0. The van der Waals surface area contributed by atoms with Gasteiger partial charge in [-0.15, -0.1) is 0 Å². The largest absolute Gasteiger partial charge is 0.342 e. The fraction of sp³-hybridized carbons (Fsp3) is 0.391. The van der Waals surface area contributed by atoms with E-state index in [2.05, 4.69) is 22.5 Å². The van der Waals surface area contributed by atoms with Gasteiger partial charge in [-0.2, -0.15) is 0 Å². The van der Waals surface area contributed by atoms with E-state index in [1.54, 1.807) is 6.20 Å². The van der Waals surface area contributed by atoms with Gasteiger partial charge in [0.25, 0.3) is 5.91 Å². The van der Waals surface area contributed by atoms with Crippen molar-refractivity contribution in [3.63, 3.8) is 0 Å². The molecule has 4 rings (SSSR count). The molecule has 1 aromatic carbocycles. The van der Waals surface area contributed by atoms with Gasteiger partial charge in [-0.3, -0.25) is 19.5 Å². The normalized spacial score (nSPS) is 24.6. The molecule has 0 radical (unpaired) electrons. The molecule has 7 heteroatoms. The number of rotatable bonds is 5. The molecule has 2 heterocycles. The van der Waals surface area contributed by atoms with Crippen molar-refractivity contribution >= 4 is 17.8 Å². The highest BCUT2D eigenvalue weighted by Crippen LogP contribution is 2.36. The van der Waals surface area contributed by atoms with Crippen LogP contribution < -0.4 is 10.6 Å². The van der Waals surface area contributed by atoms with Gasteiger partial charge in [0.2, 0.25) is 5.91 Å². The van der Waals surface area contributed by atoms with E-state index in [-0.39, 0.29) is 12.5 Å². The number of aromatic nitrogens is 1. The Morgan fingerprint density at radius 2 is 1.87 bits per heavy atom. The van der Waals surface area contributed by atoms with Gasteiger partial charge in [0, 0.05) is 6.20 Å². The number of imide groups is 1. The van der Waals surface area contributed by atoms with Crippen molar-refractivity contribution in [2.24, 2.45) is 5.92 Å². The summed E-state index contributed by atoms with van der Waals surface area (Å²) in [5, 5.41) is 5.80. The maximum atomic E-state index is 13.0. The molecule has 1 saturated carbocycles. The van der Waals surface area contributed by atoms with Crippen molar-refractivity contribution < 1.29 is 14.4 Å². The number of nitrogens with one attached hydrogen (secondary N) is 2. The van der Waals surface area contributed by atoms with Crippen LogP contribution in [0.4, 0.5) is 4.79 Å². The smallest absolute Gasteiger partial charge is 0.325 e. The van der Waals surface area contributed by atoms with E-state index in [4.69, 9.17) is 0 Å². The van der Waals surface area contributed by atoms with Gasteiger partial charge in [0.1, 0.15) is 12.1 Å². The van der Waals surface area contributed by atoms with Gasteiger partial charge in [0.15, 0.2) is 0 Å². The molecule has 2 fully saturated rings. The Hall–Kier alpha value is -3.22. The molecule has 1 atom stereocenters. The quantitative estimate of drug-likeness (QED) is 0.747. The first-order chi connectivity index (χ1) is 14.5. The molecule has 2 aromatic rings. The lowest BCUT2D eigenvalue weighted by molar-refractivity contribution is -0.136. The van der Waals surface area contributed by atoms with Gasteiger partial charge in [-0.1, -0.05) is 43.3 Å². The molecule has 1 aliphatic carbocycles. The van der Waals surface area contributed by atoms with E-state index in [1.807, 2.05) is 48.5 Å². The molecular weight excluding hydrogens is 380 g/mol. The Kier molecular flexibility index (Phi) is 5.53. The van der Waals surface area contributed by atoms with Crippen LogP contribution in [0, 0.1) is 5.92 Å². The van der Waals surface area contributed by atoms with Gasteiger partial charge >= 0.3 is 6.03 Å². The summed E-state index contributed by atoms with van der Waals surface area (Å²) < 4.78 is 0. The summed E-state index contributed by atoms with van der Waals surface area (Å²) in [7, 11) is 0. The Morgan fingerprint density at radius 3 is 2.53 bits per heavy atom. The van der Waals surface area contributed by atoms with Crippen molar-refractivity contribution in [3.05, 3.63) is 66.0 Å². The van der Waals surface area contributed by atoms with E-state index in [0.29, 0.717) is 24.5 Å². The molecule has 7 nitrogen and oxygen atoms in total. The van der Waals surface area contributed by atoms with E-state index >= 15 is 0 Å². The fourth-order valence-electron chi connectivity index (χ4n) is 4.28. The van der Waals surface area contributed by atoms with Crippen molar-refractivity contribution in [3.8, 4) is 0 Å². The molecule has 0 unspecified atom stereocenters. The zero-order valence-electron chi connectivity index (χ0n) is 17.0. The number of benzene rings is 1. The molecule has 1 spiro atoms. The van der Waals surface area contributed by atoms with Crippen LogP contribution in [0.5, 0.6) is 0 Å². The van der Waals surface area contributed by atoms with Crippen molar-refractivity contribution in [2.45, 2.75) is 44.2 Å². The third-order valence-electron chi connectivity index (χ3n) is 6.10. The maximum Gasteiger partial charge on any atom is 0.325 e. The number of hydrogen-bond acceptors (Lipinski definition) is 4. The Morgan fingerprint density at radius 1 is 1.17 bits per heavy atom. The van der Waals surface area contributed by atoms with Gasteiger partial charge < -0.3 is 10.6 Å². The van der Waals surface area contributed by atoms with E-state index in [9.17, 15) is 14.4 Å². The van der Waals surface area contributed by atoms with Crippen LogP contribution in [0.1, 0.15) is 49.9 Å². The van der Waals surface area contributed by atoms with Crippen LogP contribution >= 0.6 is 0 Å². The number of hydrogen-bond donors (Lipinski definition) is 2. The summed E-state index contributed by atoms with van der Waals surface area (Å²) in [5.41, 5.74) is 0.718. The Bertz CT molecular complexity index is 884. The summed E-state index contributed by atoms with van der Waals surface area (Å²) in [6.07, 6.45) is 4.70. The SMILES string of the molecule is CC1CCC2(CC1)NC(=O)N(CC(=O)N[C@@H](c1ccccc1)c1ccccn1)C2=O. The van der Waals surface area contributed by atoms with E-state index in [0.717, 1.165) is 23.3 Å². The summed E-state index contributed by atoms with van der Waals surface area (Å²) in [4.78, 5) is 43.8. The molecule has 156 valence electrons. The lowest BCUT2D eigenvalue weighted by atomic mass is 9.77. The monoisotopic (exact) mass is 406 g/mol. The first-order valence-corrected chi connectivity index (χ1v) is 10.4. The number of carbonyl (C=O) groups excluding carboxylic acids is 3. The zero-order chi connectivity index (χ0) is 21.1. The Labute approximate surface area is 175 Å². The number of amides is 4. The standard InChI is InChI=1S/C23H26N4O3/c1-16-10-12-23(13-11-16)21(29)27(22(30)26-23)15-19(28)25-20(17-7-3-2-4-8-17)18-9-5-6-14-24-18/h2-9,14,16,20H,10-13,15H2,1H3,(H,25,28)(H,26,30)/t16?,20-,23?/m0/s1. The molecule has 2 aliphatic rings. The second-order valence-corrected chi connectivity index (χ2v) is 8.25. The highest BCUT2D eigenvalue weighted by Gasteiger charge is 2.52. The van der Waals surface area contributed by atoms with Crippen LogP contribution in [0.2, 0.25) is 0 Å². The number of pyridine rings is 1. The minimum atomic E-state index is -0.844. The lowest BCUT2D eigenvalue weighted by Crippen LogP contribution is -2.50. The van der Waals surface area contributed by atoms with Crippen LogP contribution in [0.15, 0.2) is 54.7 Å². The summed E-state index contributed by atoms with van der Waals surface area (Å²) >= 11 is 0. The lowest BCUT2D eigenvalue weighted by Gasteiger charge is -2.33. The molecular formula is C23H26N4O3. The average Bonchev–Trinajstić information content (AvgIpc) is 2.99. The minimum absolute atomic E-state index is 0.288. The highest BCUT2D eigenvalue weighted by atomic mass is 16.2. The number of carbonyl (C=O) groups is 3. The topological polar surface area (TPSA) is 91.4 Å². The van der Waals surface area contributed by atoms with Crippen LogP contribution in [-0.2, 0) is 9.59 Å². The van der Waals surface area contributed by atoms with Gasteiger partial charge in [-0.25, -0.2) is 4.79 Å². The van der Waals surface area contributed by atoms with Crippen LogP contribution in [0.25, 0.3) is 0 Å². The number of nitrogens with zero attached hydrogens (tertiary/aromatic N) is 2.